The molecule has 106 valence electrons. The second-order valence-electron chi connectivity index (χ2n) is 5.80. The van der Waals surface area contributed by atoms with Crippen molar-refractivity contribution in [2.24, 2.45) is 0 Å². The van der Waals surface area contributed by atoms with Crippen LogP contribution in [0, 0.1) is 11.6 Å². The Kier molecular flexibility index (Phi) is 2.33. The Balaban J connectivity index is 1.97. The van der Waals surface area contributed by atoms with E-state index in [-0.39, 0.29) is 29.9 Å². The maximum atomic E-state index is 14.0. The maximum Gasteiger partial charge on any atom is 0.176 e. The first kappa shape index (κ1) is 12.5. The third-order valence-electron chi connectivity index (χ3n) is 4.80. The van der Waals surface area contributed by atoms with Crippen molar-refractivity contribution in [1.29, 1.82) is 0 Å². The smallest absolute Gasteiger partial charge is 0.176 e. The number of carbonyl (C=O) groups is 1. The van der Waals surface area contributed by atoms with Gasteiger partial charge in [-0.2, -0.15) is 0 Å². The molecule has 1 aliphatic heterocycles. The summed E-state index contributed by atoms with van der Waals surface area (Å²) < 4.78 is 27.7. The van der Waals surface area contributed by atoms with Gasteiger partial charge in [-0.3, -0.25) is 4.79 Å². The molecule has 2 aliphatic rings. The Morgan fingerprint density at radius 2 is 2.05 bits per heavy atom. The Bertz CT molecular complexity index is 786. The van der Waals surface area contributed by atoms with Crippen LogP contribution in [-0.4, -0.2) is 11.8 Å². The minimum absolute atomic E-state index is 0.124. The summed E-state index contributed by atoms with van der Waals surface area (Å²) in [5.41, 5.74) is 1.34. The second-order valence-corrected chi connectivity index (χ2v) is 5.80. The van der Waals surface area contributed by atoms with Gasteiger partial charge in [-0.1, -0.05) is 12.1 Å². The highest BCUT2D eigenvalue weighted by Gasteiger charge is 2.55. The molecule has 1 aliphatic carbocycles. The number of rotatable bonds is 0. The van der Waals surface area contributed by atoms with Crippen molar-refractivity contribution >= 4 is 11.5 Å². The number of halogens is 2. The zero-order chi connectivity index (χ0) is 14.8. The molecule has 1 spiro atoms. The minimum atomic E-state index is -0.901. The van der Waals surface area contributed by atoms with E-state index in [9.17, 15) is 13.6 Å². The van der Waals surface area contributed by atoms with Gasteiger partial charge in [-0.05, 0) is 43.2 Å². The van der Waals surface area contributed by atoms with Crippen molar-refractivity contribution in [2.45, 2.75) is 24.8 Å². The molecule has 2 nitrogen and oxygen atoms in total. The summed E-state index contributed by atoms with van der Waals surface area (Å²) in [6.45, 7) is 1.89. The van der Waals surface area contributed by atoms with E-state index in [0.29, 0.717) is 16.7 Å². The van der Waals surface area contributed by atoms with Crippen LogP contribution in [0.5, 0.6) is 0 Å². The van der Waals surface area contributed by atoms with Gasteiger partial charge in [-0.15, -0.1) is 0 Å². The molecule has 0 aromatic heterocycles. The molecule has 4 rings (SSSR count). The zero-order valence-corrected chi connectivity index (χ0v) is 11.4. The number of carbonyl (C=O) groups excluding carboxylic acids is 1. The fourth-order valence-electron chi connectivity index (χ4n) is 3.72. The second kappa shape index (κ2) is 3.91. The molecule has 0 bridgehead atoms. The largest absolute Gasteiger partial charge is 0.381 e. The standard InChI is InChI=1S/C17H13F2NO/c1-9-17(13-7-10(18)5-6-15(13)20-9)8-12-11(16(17)21)3-2-4-14(12)19/h2-7,9,20H,8H2,1H3/t9-,17+/m0/s1. The lowest BCUT2D eigenvalue weighted by atomic mass is 9.74. The Labute approximate surface area is 120 Å². The van der Waals surface area contributed by atoms with Crippen LogP contribution in [0.1, 0.15) is 28.4 Å². The first-order chi connectivity index (χ1) is 10.0. The van der Waals surface area contributed by atoms with Gasteiger partial charge in [0.2, 0.25) is 0 Å². The van der Waals surface area contributed by atoms with E-state index >= 15 is 0 Å². The number of nitrogens with one attached hydrogen (secondary N) is 1. The number of benzene rings is 2. The number of ketones is 1. The Morgan fingerprint density at radius 1 is 1.24 bits per heavy atom. The van der Waals surface area contributed by atoms with Gasteiger partial charge in [0.25, 0.3) is 0 Å². The van der Waals surface area contributed by atoms with E-state index in [1.54, 1.807) is 18.2 Å². The van der Waals surface area contributed by atoms with Gasteiger partial charge in [0.05, 0.1) is 5.41 Å². The zero-order valence-electron chi connectivity index (χ0n) is 11.4. The van der Waals surface area contributed by atoms with Gasteiger partial charge >= 0.3 is 0 Å². The highest BCUT2D eigenvalue weighted by molar-refractivity contribution is 6.11. The van der Waals surface area contributed by atoms with Gasteiger partial charge in [0.1, 0.15) is 11.6 Å². The molecule has 2 aromatic carbocycles. The number of fused-ring (bicyclic) bond motifs is 3. The lowest BCUT2D eigenvalue weighted by Gasteiger charge is -2.27. The predicted octanol–water partition coefficient (Wildman–Crippen LogP) is 3.46. The lowest BCUT2D eigenvalue weighted by molar-refractivity contribution is 0.0896. The van der Waals surface area contributed by atoms with Crippen LogP contribution < -0.4 is 5.32 Å². The summed E-state index contributed by atoms with van der Waals surface area (Å²) >= 11 is 0. The molecule has 0 fully saturated rings. The third kappa shape index (κ3) is 1.42. The summed E-state index contributed by atoms with van der Waals surface area (Å²) in [7, 11) is 0. The van der Waals surface area contributed by atoms with Crippen molar-refractivity contribution in [2.75, 3.05) is 5.32 Å². The first-order valence-electron chi connectivity index (χ1n) is 6.93. The topological polar surface area (TPSA) is 29.1 Å². The summed E-state index contributed by atoms with van der Waals surface area (Å²) in [6, 6.07) is 8.77. The molecule has 0 radical (unpaired) electrons. The molecule has 21 heavy (non-hydrogen) atoms. The Hall–Kier alpha value is -2.23. The summed E-state index contributed by atoms with van der Waals surface area (Å²) in [5.74, 6) is -0.871. The molecule has 0 amide bonds. The highest BCUT2D eigenvalue weighted by atomic mass is 19.1. The summed E-state index contributed by atoms with van der Waals surface area (Å²) in [6.07, 6.45) is 0.276. The van der Waals surface area contributed by atoms with Crippen LogP contribution in [-0.2, 0) is 11.8 Å². The maximum absolute atomic E-state index is 14.0. The van der Waals surface area contributed by atoms with Gasteiger partial charge in [-0.25, -0.2) is 8.78 Å². The minimum Gasteiger partial charge on any atom is -0.381 e. The quantitative estimate of drug-likeness (QED) is 0.803. The van der Waals surface area contributed by atoms with Crippen LogP contribution >= 0.6 is 0 Å². The molecule has 1 heterocycles. The van der Waals surface area contributed by atoms with Crippen molar-refractivity contribution < 1.29 is 13.6 Å². The Morgan fingerprint density at radius 3 is 2.81 bits per heavy atom. The number of hydrogen-bond acceptors (Lipinski definition) is 2. The van der Waals surface area contributed by atoms with E-state index in [4.69, 9.17) is 0 Å². The molecule has 0 saturated heterocycles. The molecule has 2 atom stereocenters. The van der Waals surface area contributed by atoms with E-state index in [1.165, 1.54) is 18.2 Å². The fourth-order valence-corrected chi connectivity index (χ4v) is 3.72. The fraction of sp³-hybridized carbons (Fsp3) is 0.235. The average Bonchev–Trinajstić information content (AvgIpc) is 2.91. The normalized spacial score (nSPS) is 25.9. The molecule has 4 heteroatoms. The molecule has 0 unspecified atom stereocenters. The van der Waals surface area contributed by atoms with Crippen LogP contribution in [0.3, 0.4) is 0 Å². The molecular weight excluding hydrogens is 272 g/mol. The molecule has 0 saturated carbocycles. The van der Waals surface area contributed by atoms with Crippen LogP contribution in [0.25, 0.3) is 0 Å². The van der Waals surface area contributed by atoms with E-state index in [1.807, 2.05) is 6.92 Å². The van der Waals surface area contributed by atoms with E-state index < -0.39 is 5.41 Å². The van der Waals surface area contributed by atoms with Gasteiger partial charge in [0, 0.05) is 22.9 Å². The van der Waals surface area contributed by atoms with Crippen LogP contribution in [0.15, 0.2) is 36.4 Å². The van der Waals surface area contributed by atoms with Crippen molar-refractivity contribution in [3.8, 4) is 0 Å². The van der Waals surface area contributed by atoms with Crippen LogP contribution in [0.4, 0.5) is 14.5 Å². The summed E-state index contributed by atoms with van der Waals surface area (Å²) in [4.78, 5) is 12.9. The van der Waals surface area contributed by atoms with Crippen molar-refractivity contribution in [1.82, 2.24) is 0 Å². The third-order valence-corrected chi connectivity index (χ3v) is 4.80. The van der Waals surface area contributed by atoms with Gasteiger partial charge in [0.15, 0.2) is 5.78 Å². The number of Topliss-reactive ketones (excluding diaryl/α,β-unsaturated/α-hetero) is 1. The predicted molar refractivity (Wildman–Crippen MR) is 75.6 cm³/mol. The number of hydrogen-bond donors (Lipinski definition) is 1. The average molecular weight is 285 g/mol. The molecule has 2 aromatic rings. The molecular formula is C17H13F2NO. The lowest BCUT2D eigenvalue weighted by Crippen LogP contribution is -2.42. The highest BCUT2D eigenvalue weighted by Crippen LogP contribution is 2.50. The van der Waals surface area contributed by atoms with E-state index in [0.717, 1.165) is 5.69 Å². The monoisotopic (exact) mass is 285 g/mol. The van der Waals surface area contributed by atoms with Crippen molar-refractivity contribution in [3.05, 3.63) is 64.7 Å². The number of anilines is 1. The van der Waals surface area contributed by atoms with Gasteiger partial charge < -0.3 is 5.32 Å². The SMILES string of the molecule is C[C@@H]1Nc2ccc(F)cc2[C@@]12Cc1c(F)cccc1C2=O. The van der Waals surface area contributed by atoms with Crippen molar-refractivity contribution in [3.63, 3.8) is 0 Å². The summed E-state index contributed by atoms with van der Waals surface area (Å²) in [5, 5.41) is 3.23. The molecule has 1 N–H and O–H groups in total. The first-order valence-corrected chi connectivity index (χ1v) is 6.93. The van der Waals surface area contributed by atoms with E-state index in [2.05, 4.69) is 5.32 Å². The van der Waals surface area contributed by atoms with Crippen LogP contribution in [0.2, 0.25) is 0 Å².